The Morgan fingerprint density at radius 1 is 0.880 bits per heavy atom. The number of carbonyl (C=O) groups excluding carboxylic acids is 1. The van der Waals surface area contributed by atoms with Gasteiger partial charge in [-0.15, -0.1) is 0 Å². The lowest BCUT2D eigenvalue weighted by atomic mass is 10.1. The van der Waals surface area contributed by atoms with Gasteiger partial charge in [0.15, 0.2) is 0 Å². The highest BCUT2D eigenvalue weighted by atomic mass is 16.1. The number of hydrogen-bond donors (Lipinski definition) is 3. The maximum absolute atomic E-state index is 11.3. The summed E-state index contributed by atoms with van der Waals surface area (Å²) in [5.41, 5.74) is 7.90. The topological polar surface area (TPSA) is 92.9 Å². The summed E-state index contributed by atoms with van der Waals surface area (Å²) < 4.78 is 0. The molecule has 0 bridgehead atoms. The fraction of sp³-hybridized carbons (Fsp3) is 0. The molecule has 0 aliphatic heterocycles. The van der Waals surface area contributed by atoms with Gasteiger partial charge in [0, 0.05) is 23.0 Å². The number of para-hydroxylation sites is 1. The number of amides is 1. The van der Waals surface area contributed by atoms with Crippen LogP contribution in [0.2, 0.25) is 0 Å². The van der Waals surface area contributed by atoms with E-state index in [9.17, 15) is 4.79 Å². The van der Waals surface area contributed by atoms with Gasteiger partial charge in [-0.3, -0.25) is 4.79 Å². The Morgan fingerprint density at radius 3 is 2.20 bits per heavy atom. The maximum atomic E-state index is 11.3. The van der Waals surface area contributed by atoms with E-state index < -0.39 is 5.91 Å². The van der Waals surface area contributed by atoms with Gasteiger partial charge >= 0.3 is 0 Å². The fourth-order valence-corrected chi connectivity index (χ4v) is 2.24. The first-order valence-electron chi connectivity index (χ1n) is 7.62. The minimum absolute atomic E-state index is 0.262. The maximum Gasteiger partial charge on any atom is 0.248 e. The molecule has 0 fully saturated rings. The Kier molecular flexibility index (Phi) is 4.71. The van der Waals surface area contributed by atoms with Gasteiger partial charge in [-0.2, -0.15) is 0 Å². The number of aromatic nitrogens is 2. The van der Waals surface area contributed by atoms with Crippen molar-refractivity contribution >= 4 is 34.5 Å². The van der Waals surface area contributed by atoms with Crippen LogP contribution in [0.25, 0.3) is 5.57 Å². The van der Waals surface area contributed by atoms with E-state index in [0.29, 0.717) is 17.2 Å². The largest absolute Gasteiger partial charge is 0.366 e. The quantitative estimate of drug-likeness (QED) is 0.602. The van der Waals surface area contributed by atoms with Gasteiger partial charge in [0.05, 0.1) is 0 Å². The molecule has 0 saturated carbocycles. The van der Waals surface area contributed by atoms with Gasteiger partial charge in [0.2, 0.25) is 5.91 Å². The zero-order chi connectivity index (χ0) is 17.6. The summed E-state index contributed by atoms with van der Waals surface area (Å²) in [6.07, 6.45) is 1.47. The SMILES string of the molecule is C=C(C(N)=O)c1cccc(Nc2cc(Nc3ccccc3)ncn2)c1. The molecule has 0 atom stereocenters. The highest BCUT2D eigenvalue weighted by Crippen LogP contribution is 2.22. The molecule has 3 rings (SSSR count). The lowest BCUT2D eigenvalue weighted by molar-refractivity contribution is -0.112. The highest BCUT2D eigenvalue weighted by molar-refractivity contribution is 6.18. The second-order valence-electron chi connectivity index (χ2n) is 5.33. The molecular weight excluding hydrogens is 314 g/mol. The predicted octanol–water partition coefficient (Wildman–Crippen LogP) is 3.46. The zero-order valence-corrected chi connectivity index (χ0v) is 13.4. The average molecular weight is 331 g/mol. The number of hydrogen-bond acceptors (Lipinski definition) is 5. The van der Waals surface area contributed by atoms with Crippen molar-refractivity contribution in [3.05, 3.63) is 79.1 Å². The van der Waals surface area contributed by atoms with E-state index in [0.717, 1.165) is 11.4 Å². The predicted molar refractivity (Wildman–Crippen MR) is 99.7 cm³/mol. The molecule has 1 amide bonds. The Bertz CT molecular complexity index is 908. The molecule has 2 aromatic carbocycles. The van der Waals surface area contributed by atoms with Crippen LogP contribution in [0, 0.1) is 0 Å². The van der Waals surface area contributed by atoms with Crippen LogP contribution >= 0.6 is 0 Å². The highest BCUT2D eigenvalue weighted by Gasteiger charge is 2.06. The molecule has 0 spiro atoms. The first-order chi connectivity index (χ1) is 12.1. The minimum Gasteiger partial charge on any atom is -0.366 e. The van der Waals surface area contributed by atoms with E-state index in [-0.39, 0.29) is 5.57 Å². The van der Waals surface area contributed by atoms with E-state index in [1.807, 2.05) is 42.5 Å². The van der Waals surface area contributed by atoms with Gasteiger partial charge in [-0.05, 0) is 29.8 Å². The van der Waals surface area contributed by atoms with E-state index in [1.165, 1.54) is 6.33 Å². The molecule has 6 heteroatoms. The Hall–Kier alpha value is -3.67. The number of carbonyl (C=O) groups is 1. The molecule has 0 unspecified atom stereocenters. The Balaban J connectivity index is 1.77. The Labute approximate surface area is 145 Å². The van der Waals surface area contributed by atoms with Crippen molar-refractivity contribution in [2.75, 3.05) is 10.6 Å². The second-order valence-corrected chi connectivity index (χ2v) is 5.33. The van der Waals surface area contributed by atoms with Crippen LogP contribution in [0.5, 0.6) is 0 Å². The van der Waals surface area contributed by atoms with Crippen molar-refractivity contribution in [2.45, 2.75) is 0 Å². The number of nitrogens with one attached hydrogen (secondary N) is 2. The summed E-state index contributed by atoms with van der Waals surface area (Å²) in [4.78, 5) is 19.7. The monoisotopic (exact) mass is 331 g/mol. The molecule has 124 valence electrons. The smallest absolute Gasteiger partial charge is 0.248 e. The summed E-state index contributed by atoms with van der Waals surface area (Å²) in [6.45, 7) is 3.70. The lowest BCUT2D eigenvalue weighted by Crippen LogP contribution is -2.12. The van der Waals surface area contributed by atoms with Crippen LogP contribution in [-0.4, -0.2) is 15.9 Å². The van der Waals surface area contributed by atoms with Crippen molar-refractivity contribution in [3.8, 4) is 0 Å². The molecule has 0 saturated heterocycles. The van der Waals surface area contributed by atoms with Crippen LogP contribution in [0.4, 0.5) is 23.0 Å². The lowest BCUT2D eigenvalue weighted by Gasteiger charge is -2.10. The van der Waals surface area contributed by atoms with Crippen LogP contribution in [0.3, 0.4) is 0 Å². The summed E-state index contributed by atoms with van der Waals surface area (Å²) in [5, 5.41) is 6.39. The summed E-state index contributed by atoms with van der Waals surface area (Å²) in [7, 11) is 0. The molecule has 0 aliphatic carbocycles. The molecule has 0 aliphatic rings. The van der Waals surface area contributed by atoms with E-state index in [4.69, 9.17) is 5.73 Å². The molecule has 3 aromatic rings. The van der Waals surface area contributed by atoms with Crippen molar-refractivity contribution in [2.24, 2.45) is 5.73 Å². The van der Waals surface area contributed by atoms with Crippen molar-refractivity contribution in [1.82, 2.24) is 9.97 Å². The number of rotatable bonds is 6. The van der Waals surface area contributed by atoms with Crippen molar-refractivity contribution < 1.29 is 4.79 Å². The number of nitrogens with zero attached hydrogens (tertiary/aromatic N) is 2. The van der Waals surface area contributed by atoms with Gasteiger partial charge in [0.25, 0.3) is 0 Å². The second kappa shape index (κ2) is 7.27. The van der Waals surface area contributed by atoms with Gasteiger partial charge < -0.3 is 16.4 Å². The van der Waals surface area contributed by atoms with Gasteiger partial charge in [0.1, 0.15) is 18.0 Å². The standard InChI is InChI=1S/C19H17N5O/c1-13(19(20)25)14-6-5-9-16(10-14)24-18-11-17(21-12-22-18)23-15-7-3-2-4-8-15/h2-12H,1H2,(H2,20,25)(H2,21,22,23,24). The molecule has 25 heavy (non-hydrogen) atoms. The third kappa shape index (κ3) is 4.20. The van der Waals surface area contributed by atoms with E-state index in [1.54, 1.807) is 18.2 Å². The van der Waals surface area contributed by atoms with Crippen LogP contribution in [0.1, 0.15) is 5.56 Å². The van der Waals surface area contributed by atoms with Crippen LogP contribution < -0.4 is 16.4 Å². The van der Waals surface area contributed by atoms with E-state index in [2.05, 4.69) is 27.2 Å². The number of anilines is 4. The number of benzene rings is 2. The molecule has 6 nitrogen and oxygen atoms in total. The normalized spacial score (nSPS) is 10.1. The number of nitrogens with two attached hydrogens (primary N) is 1. The van der Waals surface area contributed by atoms with Crippen molar-refractivity contribution in [1.29, 1.82) is 0 Å². The average Bonchev–Trinajstić information content (AvgIpc) is 2.62. The summed E-state index contributed by atoms with van der Waals surface area (Å²) in [6, 6.07) is 18.8. The fourth-order valence-electron chi connectivity index (χ4n) is 2.24. The van der Waals surface area contributed by atoms with E-state index >= 15 is 0 Å². The Morgan fingerprint density at radius 2 is 1.52 bits per heavy atom. The van der Waals surface area contributed by atoms with Crippen molar-refractivity contribution in [3.63, 3.8) is 0 Å². The van der Waals surface area contributed by atoms with Crippen LogP contribution in [-0.2, 0) is 4.79 Å². The van der Waals surface area contributed by atoms with Gasteiger partial charge in [-0.25, -0.2) is 9.97 Å². The molecule has 1 heterocycles. The summed E-state index contributed by atoms with van der Waals surface area (Å²) in [5.74, 6) is 0.741. The third-order valence-corrected chi connectivity index (χ3v) is 3.49. The minimum atomic E-state index is -0.548. The third-order valence-electron chi connectivity index (χ3n) is 3.49. The molecule has 4 N–H and O–H groups in total. The van der Waals surface area contributed by atoms with Crippen LogP contribution in [0.15, 0.2) is 73.6 Å². The molecule has 1 aromatic heterocycles. The first kappa shape index (κ1) is 16.2. The number of primary amides is 1. The first-order valence-corrected chi connectivity index (χ1v) is 7.62. The molecular formula is C19H17N5O. The zero-order valence-electron chi connectivity index (χ0n) is 13.4. The molecule has 0 radical (unpaired) electrons. The van der Waals surface area contributed by atoms with Gasteiger partial charge in [-0.1, -0.05) is 36.9 Å². The summed E-state index contributed by atoms with van der Waals surface area (Å²) >= 11 is 0.